The Labute approximate surface area is 149 Å². The van der Waals surface area contributed by atoms with E-state index in [1.54, 1.807) is 0 Å². The first-order valence-corrected chi connectivity index (χ1v) is 9.04. The zero-order valence-corrected chi connectivity index (χ0v) is 15.3. The lowest BCUT2D eigenvalue weighted by Gasteiger charge is -2.25. The lowest BCUT2D eigenvalue weighted by molar-refractivity contribution is -0.132. The fourth-order valence-electron chi connectivity index (χ4n) is 3.57. The third-order valence-electron chi connectivity index (χ3n) is 4.83. The van der Waals surface area contributed by atoms with E-state index in [0.717, 1.165) is 36.6 Å². The van der Waals surface area contributed by atoms with Crippen LogP contribution in [0.5, 0.6) is 0 Å². The number of hydrogen-bond donors (Lipinski definition) is 1. The first kappa shape index (κ1) is 17.5. The third-order valence-corrected chi connectivity index (χ3v) is 4.83. The van der Waals surface area contributed by atoms with Crippen molar-refractivity contribution in [3.05, 3.63) is 42.1 Å². The SMILES string of the molecule is CNc1cc([C@@H]2CCCN2C(=O)CCn2ccnc2C(C)C)ccn1. The van der Waals surface area contributed by atoms with Crippen LogP contribution < -0.4 is 5.32 Å². The predicted molar refractivity (Wildman–Crippen MR) is 98.4 cm³/mol. The van der Waals surface area contributed by atoms with Crippen molar-refractivity contribution in [3.8, 4) is 0 Å². The van der Waals surface area contributed by atoms with Crippen molar-refractivity contribution in [2.75, 3.05) is 18.9 Å². The molecule has 0 spiro atoms. The number of likely N-dealkylation sites (tertiary alicyclic amines) is 1. The van der Waals surface area contributed by atoms with Crippen molar-refractivity contribution >= 4 is 11.7 Å². The maximum atomic E-state index is 12.8. The van der Waals surface area contributed by atoms with Crippen LogP contribution in [0, 0.1) is 0 Å². The van der Waals surface area contributed by atoms with Crippen LogP contribution in [0.1, 0.15) is 56.5 Å². The second-order valence-corrected chi connectivity index (χ2v) is 6.85. The highest BCUT2D eigenvalue weighted by atomic mass is 16.2. The number of amides is 1. The van der Waals surface area contributed by atoms with Gasteiger partial charge in [-0.2, -0.15) is 0 Å². The minimum Gasteiger partial charge on any atom is -0.373 e. The summed E-state index contributed by atoms with van der Waals surface area (Å²) in [6.07, 6.45) is 8.16. The van der Waals surface area contributed by atoms with Gasteiger partial charge in [0.1, 0.15) is 11.6 Å². The van der Waals surface area contributed by atoms with Gasteiger partial charge in [-0.25, -0.2) is 9.97 Å². The summed E-state index contributed by atoms with van der Waals surface area (Å²) in [5.41, 5.74) is 1.16. The van der Waals surface area contributed by atoms with Gasteiger partial charge in [0.25, 0.3) is 0 Å². The second kappa shape index (κ2) is 7.68. The van der Waals surface area contributed by atoms with Crippen molar-refractivity contribution in [1.29, 1.82) is 0 Å². The largest absolute Gasteiger partial charge is 0.373 e. The molecule has 25 heavy (non-hydrogen) atoms. The molecule has 0 radical (unpaired) electrons. The van der Waals surface area contributed by atoms with E-state index in [1.807, 2.05) is 42.7 Å². The van der Waals surface area contributed by atoms with Crippen molar-refractivity contribution in [1.82, 2.24) is 19.4 Å². The number of carbonyl (C=O) groups excluding carboxylic acids is 1. The number of aryl methyl sites for hydroxylation is 1. The summed E-state index contributed by atoms with van der Waals surface area (Å²) in [4.78, 5) is 23.5. The smallest absolute Gasteiger partial charge is 0.224 e. The molecule has 2 aromatic heterocycles. The van der Waals surface area contributed by atoms with E-state index in [4.69, 9.17) is 0 Å². The Kier molecular flexibility index (Phi) is 5.36. The standard InChI is InChI=1S/C19H27N5O/c1-14(2)19-22-9-12-23(19)11-7-18(25)24-10-4-5-16(24)15-6-8-21-17(13-15)20-3/h6,8-9,12-14,16H,4-5,7,10-11H2,1-3H3,(H,20,21)/t16-/m0/s1. The molecule has 6 heteroatoms. The fraction of sp³-hybridized carbons (Fsp3) is 0.526. The molecule has 3 heterocycles. The highest BCUT2D eigenvalue weighted by molar-refractivity contribution is 5.77. The number of imidazole rings is 1. The third kappa shape index (κ3) is 3.83. The molecule has 0 bridgehead atoms. The van der Waals surface area contributed by atoms with Gasteiger partial charge in [-0.05, 0) is 30.5 Å². The Balaban J connectivity index is 1.67. The summed E-state index contributed by atoms with van der Waals surface area (Å²) >= 11 is 0. The van der Waals surface area contributed by atoms with E-state index in [9.17, 15) is 4.79 Å². The topological polar surface area (TPSA) is 63.1 Å². The van der Waals surface area contributed by atoms with E-state index in [1.165, 1.54) is 0 Å². The van der Waals surface area contributed by atoms with Gasteiger partial charge in [0.2, 0.25) is 5.91 Å². The molecular weight excluding hydrogens is 314 g/mol. The summed E-state index contributed by atoms with van der Waals surface area (Å²) in [7, 11) is 1.86. The number of pyridine rings is 1. The van der Waals surface area contributed by atoms with E-state index >= 15 is 0 Å². The quantitative estimate of drug-likeness (QED) is 0.876. The van der Waals surface area contributed by atoms with Crippen LogP contribution in [-0.2, 0) is 11.3 Å². The first-order chi connectivity index (χ1) is 12.1. The van der Waals surface area contributed by atoms with Gasteiger partial charge in [-0.3, -0.25) is 4.79 Å². The summed E-state index contributed by atoms with van der Waals surface area (Å²) < 4.78 is 2.10. The van der Waals surface area contributed by atoms with E-state index < -0.39 is 0 Å². The van der Waals surface area contributed by atoms with E-state index in [2.05, 4.69) is 33.7 Å². The van der Waals surface area contributed by atoms with Crippen LogP contribution in [0.25, 0.3) is 0 Å². The number of nitrogens with zero attached hydrogens (tertiary/aromatic N) is 4. The van der Waals surface area contributed by atoms with Crippen LogP contribution >= 0.6 is 0 Å². The summed E-state index contributed by atoms with van der Waals surface area (Å²) in [5.74, 6) is 2.46. The highest BCUT2D eigenvalue weighted by Crippen LogP contribution is 2.33. The Hall–Kier alpha value is -2.37. The molecule has 1 N–H and O–H groups in total. The van der Waals surface area contributed by atoms with E-state index in [-0.39, 0.29) is 11.9 Å². The molecule has 6 nitrogen and oxygen atoms in total. The lowest BCUT2D eigenvalue weighted by Crippen LogP contribution is -2.31. The van der Waals surface area contributed by atoms with Gasteiger partial charge in [0.05, 0.1) is 6.04 Å². The van der Waals surface area contributed by atoms with Gasteiger partial charge >= 0.3 is 0 Å². The molecular formula is C19H27N5O. The minimum atomic E-state index is 0.162. The van der Waals surface area contributed by atoms with E-state index in [0.29, 0.717) is 18.9 Å². The molecule has 2 aromatic rings. The monoisotopic (exact) mass is 341 g/mol. The molecule has 0 unspecified atom stereocenters. The number of anilines is 1. The number of nitrogens with one attached hydrogen (secondary N) is 1. The number of carbonyl (C=O) groups is 1. The Morgan fingerprint density at radius 3 is 2.96 bits per heavy atom. The molecule has 0 saturated carbocycles. The molecule has 1 aliphatic rings. The van der Waals surface area contributed by atoms with Gasteiger partial charge in [0, 0.05) is 51.1 Å². The maximum Gasteiger partial charge on any atom is 0.224 e. The van der Waals surface area contributed by atoms with Crippen molar-refractivity contribution in [2.24, 2.45) is 0 Å². The predicted octanol–water partition coefficient (Wildman–Crippen LogP) is 3.20. The Morgan fingerprint density at radius 2 is 2.20 bits per heavy atom. The van der Waals surface area contributed by atoms with Crippen LogP contribution in [-0.4, -0.2) is 38.9 Å². The highest BCUT2D eigenvalue weighted by Gasteiger charge is 2.29. The van der Waals surface area contributed by atoms with Crippen LogP contribution in [0.15, 0.2) is 30.7 Å². The van der Waals surface area contributed by atoms with Crippen molar-refractivity contribution < 1.29 is 4.79 Å². The molecule has 0 aliphatic carbocycles. The summed E-state index contributed by atoms with van der Waals surface area (Å²) in [6, 6.07) is 4.22. The first-order valence-electron chi connectivity index (χ1n) is 9.04. The Bertz CT molecular complexity index is 724. The lowest BCUT2D eigenvalue weighted by atomic mass is 10.1. The molecule has 1 atom stereocenters. The Morgan fingerprint density at radius 1 is 1.36 bits per heavy atom. The zero-order chi connectivity index (χ0) is 17.8. The minimum absolute atomic E-state index is 0.162. The molecule has 1 aliphatic heterocycles. The molecule has 1 amide bonds. The maximum absolute atomic E-state index is 12.8. The van der Waals surface area contributed by atoms with Crippen molar-refractivity contribution in [3.63, 3.8) is 0 Å². The summed E-state index contributed by atoms with van der Waals surface area (Å²) in [5, 5.41) is 3.07. The normalized spacial score (nSPS) is 17.3. The average molecular weight is 341 g/mol. The molecule has 1 fully saturated rings. The van der Waals surface area contributed by atoms with Crippen molar-refractivity contribution in [2.45, 2.75) is 51.6 Å². The van der Waals surface area contributed by atoms with Crippen LogP contribution in [0.3, 0.4) is 0 Å². The summed E-state index contributed by atoms with van der Waals surface area (Å²) in [6.45, 7) is 5.77. The zero-order valence-electron chi connectivity index (χ0n) is 15.3. The number of rotatable bonds is 6. The number of hydrogen-bond acceptors (Lipinski definition) is 4. The molecule has 134 valence electrons. The number of aromatic nitrogens is 3. The fourth-order valence-corrected chi connectivity index (χ4v) is 3.57. The van der Waals surface area contributed by atoms with Gasteiger partial charge in [0.15, 0.2) is 0 Å². The molecule has 3 rings (SSSR count). The molecule has 1 saturated heterocycles. The second-order valence-electron chi connectivity index (χ2n) is 6.85. The van der Waals surface area contributed by atoms with Crippen LogP contribution in [0.4, 0.5) is 5.82 Å². The molecule has 0 aromatic carbocycles. The van der Waals surface area contributed by atoms with Crippen LogP contribution in [0.2, 0.25) is 0 Å². The van der Waals surface area contributed by atoms with Gasteiger partial charge < -0.3 is 14.8 Å². The van der Waals surface area contributed by atoms with Gasteiger partial charge in [-0.1, -0.05) is 13.8 Å². The van der Waals surface area contributed by atoms with Gasteiger partial charge in [-0.15, -0.1) is 0 Å². The average Bonchev–Trinajstić information content (AvgIpc) is 3.28.